The van der Waals surface area contributed by atoms with Crippen LogP contribution in [-0.4, -0.2) is 29.9 Å². The topological polar surface area (TPSA) is 41.5 Å². The Balaban J connectivity index is 1.83. The van der Waals surface area contributed by atoms with E-state index in [2.05, 4.69) is 5.32 Å². The van der Waals surface area contributed by atoms with E-state index >= 15 is 0 Å². The summed E-state index contributed by atoms with van der Waals surface area (Å²) in [5.74, 6) is 0.310. The maximum Gasteiger partial charge on any atom is 0.416 e. The molecule has 112 valence electrons. The van der Waals surface area contributed by atoms with E-state index in [1.165, 1.54) is 12.1 Å². The summed E-state index contributed by atoms with van der Waals surface area (Å²) in [6.07, 6.45) is -2.11. The Labute approximate surface area is 115 Å². The summed E-state index contributed by atoms with van der Waals surface area (Å²) >= 11 is 0. The van der Waals surface area contributed by atoms with Gasteiger partial charge in [-0.25, -0.2) is 0 Å². The Morgan fingerprint density at radius 1 is 1.25 bits per heavy atom. The molecule has 1 aliphatic rings. The highest BCUT2D eigenvalue weighted by molar-refractivity contribution is 5.28. The van der Waals surface area contributed by atoms with Crippen LogP contribution in [-0.2, 0) is 6.18 Å². The smallest absolute Gasteiger partial charge is 0.416 e. The molecule has 1 unspecified atom stereocenters. The van der Waals surface area contributed by atoms with E-state index in [1.54, 1.807) is 6.92 Å². The van der Waals surface area contributed by atoms with Crippen molar-refractivity contribution in [3.63, 3.8) is 0 Å². The van der Waals surface area contributed by atoms with Crippen molar-refractivity contribution in [2.24, 2.45) is 0 Å². The van der Waals surface area contributed by atoms with Gasteiger partial charge in [-0.15, -0.1) is 0 Å². The lowest BCUT2D eigenvalue weighted by atomic mass is 10.1. The maximum absolute atomic E-state index is 12.4. The molecule has 1 saturated carbocycles. The van der Waals surface area contributed by atoms with E-state index in [4.69, 9.17) is 4.74 Å². The minimum atomic E-state index is -4.35. The zero-order chi connectivity index (χ0) is 14.8. The molecule has 1 fully saturated rings. The lowest BCUT2D eigenvalue weighted by molar-refractivity contribution is -0.137. The van der Waals surface area contributed by atoms with Gasteiger partial charge in [0.15, 0.2) is 0 Å². The number of alkyl halides is 3. The molecule has 0 aliphatic heterocycles. The minimum absolute atomic E-state index is 0.0259. The van der Waals surface area contributed by atoms with Crippen LogP contribution in [0.15, 0.2) is 24.3 Å². The van der Waals surface area contributed by atoms with Crippen molar-refractivity contribution in [3.05, 3.63) is 29.8 Å². The Morgan fingerprint density at radius 3 is 2.35 bits per heavy atom. The summed E-state index contributed by atoms with van der Waals surface area (Å²) in [7, 11) is 0. The number of hydrogen-bond donors (Lipinski definition) is 2. The van der Waals surface area contributed by atoms with Crippen LogP contribution >= 0.6 is 0 Å². The van der Waals surface area contributed by atoms with Gasteiger partial charge in [0.2, 0.25) is 0 Å². The van der Waals surface area contributed by atoms with E-state index in [0.29, 0.717) is 18.3 Å². The molecule has 0 radical (unpaired) electrons. The van der Waals surface area contributed by atoms with Gasteiger partial charge in [0.1, 0.15) is 18.0 Å². The summed E-state index contributed by atoms with van der Waals surface area (Å²) in [5.41, 5.74) is -1.77. The first-order valence-electron chi connectivity index (χ1n) is 6.52. The third kappa shape index (κ3) is 4.68. The number of rotatable bonds is 6. The molecule has 1 aromatic carbocycles. The van der Waals surface area contributed by atoms with Crippen molar-refractivity contribution in [1.29, 1.82) is 0 Å². The molecule has 2 rings (SSSR count). The summed E-state index contributed by atoms with van der Waals surface area (Å²) in [6.45, 7) is 2.06. The molecule has 0 bridgehead atoms. The molecule has 1 aromatic rings. The zero-order valence-corrected chi connectivity index (χ0v) is 11.2. The molecule has 3 nitrogen and oxygen atoms in total. The molecule has 2 N–H and O–H groups in total. The number of hydrogen-bond acceptors (Lipinski definition) is 3. The van der Waals surface area contributed by atoms with Gasteiger partial charge in [-0.1, -0.05) is 0 Å². The SMILES string of the molecule is CC(O)(CNC1CC1)COc1ccc(C(F)(F)F)cc1. The molecule has 0 heterocycles. The fraction of sp³-hybridized carbons (Fsp3) is 0.571. The summed E-state index contributed by atoms with van der Waals surface area (Å²) < 4.78 is 42.5. The van der Waals surface area contributed by atoms with Gasteiger partial charge in [-0.2, -0.15) is 13.2 Å². The van der Waals surface area contributed by atoms with Gasteiger partial charge < -0.3 is 15.2 Å². The normalized spacial score (nSPS) is 18.6. The van der Waals surface area contributed by atoms with E-state index in [9.17, 15) is 18.3 Å². The van der Waals surface area contributed by atoms with E-state index in [0.717, 1.165) is 25.0 Å². The van der Waals surface area contributed by atoms with Crippen LogP contribution in [0.3, 0.4) is 0 Å². The molecule has 1 atom stereocenters. The van der Waals surface area contributed by atoms with Crippen LogP contribution in [0.4, 0.5) is 13.2 Å². The quantitative estimate of drug-likeness (QED) is 0.846. The number of ether oxygens (including phenoxy) is 1. The molecular weight excluding hydrogens is 271 g/mol. The highest BCUT2D eigenvalue weighted by Crippen LogP contribution is 2.30. The van der Waals surface area contributed by atoms with Crippen LogP contribution in [0.5, 0.6) is 5.75 Å². The van der Waals surface area contributed by atoms with Crippen LogP contribution in [0, 0.1) is 0 Å². The van der Waals surface area contributed by atoms with Crippen LogP contribution in [0.1, 0.15) is 25.3 Å². The van der Waals surface area contributed by atoms with E-state index < -0.39 is 17.3 Å². The monoisotopic (exact) mass is 289 g/mol. The Hall–Kier alpha value is -1.27. The third-order valence-corrected chi connectivity index (χ3v) is 3.08. The van der Waals surface area contributed by atoms with Crippen molar-refractivity contribution >= 4 is 0 Å². The van der Waals surface area contributed by atoms with Crippen molar-refractivity contribution in [1.82, 2.24) is 5.32 Å². The first-order valence-corrected chi connectivity index (χ1v) is 6.52. The Kier molecular flexibility index (Phi) is 4.25. The predicted octanol–water partition coefficient (Wildman–Crippen LogP) is 2.59. The summed E-state index contributed by atoms with van der Waals surface area (Å²) in [5, 5.41) is 13.3. The Morgan fingerprint density at radius 2 is 1.85 bits per heavy atom. The van der Waals surface area contributed by atoms with E-state index in [1.807, 2.05) is 0 Å². The predicted molar refractivity (Wildman–Crippen MR) is 68.6 cm³/mol. The first-order chi connectivity index (χ1) is 9.26. The van der Waals surface area contributed by atoms with Gasteiger partial charge >= 0.3 is 6.18 Å². The molecule has 0 aromatic heterocycles. The summed E-state index contributed by atoms with van der Waals surface area (Å²) in [6, 6.07) is 4.92. The molecular formula is C14H18F3NO2. The zero-order valence-electron chi connectivity index (χ0n) is 11.2. The third-order valence-electron chi connectivity index (χ3n) is 3.08. The lowest BCUT2D eigenvalue weighted by Gasteiger charge is -2.24. The molecule has 0 saturated heterocycles. The fourth-order valence-corrected chi connectivity index (χ4v) is 1.68. The second-order valence-corrected chi connectivity index (χ2v) is 5.46. The van der Waals surface area contributed by atoms with Crippen molar-refractivity contribution < 1.29 is 23.0 Å². The van der Waals surface area contributed by atoms with Gasteiger partial charge in [0.25, 0.3) is 0 Å². The van der Waals surface area contributed by atoms with Crippen molar-refractivity contribution in [3.8, 4) is 5.75 Å². The fourth-order valence-electron chi connectivity index (χ4n) is 1.68. The second kappa shape index (κ2) is 5.61. The van der Waals surface area contributed by atoms with Gasteiger partial charge in [-0.05, 0) is 44.0 Å². The first kappa shape index (κ1) is 15.1. The molecule has 0 spiro atoms. The van der Waals surface area contributed by atoms with E-state index in [-0.39, 0.29) is 6.61 Å². The molecule has 20 heavy (non-hydrogen) atoms. The highest BCUT2D eigenvalue weighted by Gasteiger charge is 2.30. The minimum Gasteiger partial charge on any atom is -0.491 e. The largest absolute Gasteiger partial charge is 0.491 e. The van der Waals surface area contributed by atoms with Crippen LogP contribution < -0.4 is 10.1 Å². The Bertz CT molecular complexity index is 439. The maximum atomic E-state index is 12.4. The summed E-state index contributed by atoms with van der Waals surface area (Å²) in [4.78, 5) is 0. The lowest BCUT2D eigenvalue weighted by Crippen LogP contribution is -2.43. The molecule has 1 aliphatic carbocycles. The van der Waals surface area contributed by atoms with Gasteiger partial charge in [-0.3, -0.25) is 0 Å². The van der Waals surface area contributed by atoms with Gasteiger partial charge in [0.05, 0.1) is 5.56 Å². The van der Waals surface area contributed by atoms with Crippen molar-refractivity contribution in [2.45, 2.75) is 37.6 Å². The van der Waals surface area contributed by atoms with Crippen LogP contribution in [0.25, 0.3) is 0 Å². The number of benzene rings is 1. The highest BCUT2D eigenvalue weighted by atomic mass is 19.4. The van der Waals surface area contributed by atoms with Gasteiger partial charge in [0, 0.05) is 12.6 Å². The van der Waals surface area contributed by atoms with Crippen LogP contribution in [0.2, 0.25) is 0 Å². The second-order valence-electron chi connectivity index (χ2n) is 5.46. The molecule has 0 amide bonds. The van der Waals surface area contributed by atoms with Crippen molar-refractivity contribution in [2.75, 3.05) is 13.2 Å². The average Bonchev–Trinajstić information content (AvgIpc) is 3.18. The number of halogens is 3. The number of aliphatic hydroxyl groups is 1. The standard InChI is InChI=1S/C14H18F3NO2/c1-13(19,8-18-11-4-5-11)9-20-12-6-2-10(3-7-12)14(15,16)17/h2-3,6-7,11,18-19H,4-5,8-9H2,1H3. The molecule has 6 heteroatoms. The average molecular weight is 289 g/mol. The number of nitrogens with one attached hydrogen (secondary N) is 1.